The maximum absolute atomic E-state index is 10.4. The van der Waals surface area contributed by atoms with E-state index < -0.39 is 0 Å². The number of esters is 1. The fraction of sp³-hybridized carbons (Fsp3) is 0.625. The number of hydrogen-bond acceptors (Lipinski definition) is 2. The van der Waals surface area contributed by atoms with E-state index in [-0.39, 0.29) is 12.1 Å². The topological polar surface area (TPSA) is 26.3 Å². The Kier molecular flexibility index (Phi) is 2.10. The van der Waals surface area contributed by atoms with Crippen LogP contribution in [0.2, 0.25) is 0 Å². The van der Waals surface area contributed by atoms with Gasteiger partial charge >= 0.3 is 5.97 Å². The summed E-state index contributed by atoms with van der Waals surface area (Å²) in [6.07, 6.45) is 4.05. The molecule has 1 rings (SSSR count). The third-order valence-corrected chi connectivity index (χ3v) is 1.64. The second kappa shape index (κ2) is 2.86. The second-order valence-corrected chi connectivity index (χ2v) is 2.67. The van der Waals surface area contributed by atoms with Crippen molar-refractivity contribution in [3.8, 4) is 0 Å². The molecule has 2 nitrogen and oxygen atoms in total. The standard InChI is InChI=1S/C8H12O2/c1-3-4-7-5-8(7)10-6(2)9/h3,7-8H,1,4-5H2,2H3/t7-,8?/m0/s1. The zero-order valence-electron chi connectivity index (χ0n) is 6.17. The summed E-state index contributed by atoms with van der Waals surface area (Å²) < 4.78 is 4.94. The summed E-state index contributed by atoms with van der Waals surface area (Å²) in [4.78, 5) is 10.4. The van der Waals surface area contributed by atoms with Crippen molar-refractivity contribution in [1.82, 2.24) is 0 Å². The van der Waals surface area contributed by atoms with Crippen LogP contribution in [-0.2, 0) is 9.53 Å². The van der Waals surface area contributed by atoms with Crippen LogP contribution in [0.3, 0.4) is 0 Å². The molecule has 0 aliphatic heterocycles. The first-order valence-electron chi connectivity index (χ1n) is 3.52. The van der Waals surface area contributed by atoms with E-state index in [1.165, 1.54) is 6.92 Å². The van der Waals surface area contributed by atoms with Crippen LogP contribution in [0.5, 0.6) is 0 Å². The van der Waals surface area contributed by atoms with Crippen LogP contribution in [0.1, 0.15) is 19.8 Å². The molecule has 0 bridgehead atoms. The third kappa shape index (κ3) is 1.87. The fourth-order valence-electron chi connectivity index (χ4n) is 1.04. The molecule has 0 aromatic carbocycles. The molecule has 1 aliphatic carbocycles. The van der Waals surface area contributed by atoms with Gasteiger partial charge in [0.15, 0.2) is 0 Å². The average Bonchev–Trinajstić information content (AvgIpc) is 2.47. The van der Waals surface area contributed by atoms with Crippen molar-refractivity contribution < 1.29 is 9.53 Å². The van der Waals surface area contributed by atoms with Crippen molar-refractivity contribution in [3.63, 3.8) is 0 Å². The highest BCUT2D eigenvalue weighted by Crippen LogP contribution is 2.36. The van der Waals surface area contributed by atoms with E-state index in [0.717, 1.165) is 12.8 Å². The highest BCUT2D eigenvalue weighted by atomic mass is 16.5. The van der Waals surface area contributed by atoms with Crippen molar-refractivity contribution in [1.29, 1.82) is 0 Å². The summed E-state index contributed by atoms with van der Waals surface area (Å²) in [5, 5.41) is 0. The van der Waals surface area contributed by atoms with Crippen molar-refractivity contribution in [2.45, 2.75) is 25.9 Å². The lowest BCUT2D eigenvalue weighted by atomic mass is 10.3. The summed E-state index contributed by atoms with van der Waals surface area (Å²) >= 11 is 0. The van der Waals surface area contributed by atoms with Gasteiger partial charge in [0.05, 0.1) is 0 Å². The summed E-state index contributed by atoms with van der Waals surface area (Å²) in [6, 6.07) is 0. The highest BCUT2D eigenvalue weighted by molar-refractivity contribution is 5.66. The summed E-state index contributed by atoms with van der Waals surface area (Å²) in [6.45, 7) is 5.06. The van der Waals surface area contributed by atoms with Gasteiger partial charge in [-0.25, -0.2) is 0 Å². The lowest BCUT2D eigenvalue weighted by molar-refractivity contribution is -0.142. The third-order valence-electron chi connectivity index (χ3n) is 1.64. The van der Waals surface area contributed by atoms with Crippen LogP contribution in [0.15, 0.2) is 12.7 Å². The van der Waals surface area contributed by atoms with Gasteiger partial charge in [0.2, 0.25) is 0 Å². The summed E-state index contributed by atoms with van der Waals surface area (Å²) in [5.41, 5.74) is 0. The molecule has 56 valence electrons. The Labute approximate surface area is 60.9 Å². The molecule has 0 amide bonds. The van der Waals surface area contributed by atoms with Gasteiger partial charge in [-0.2, -0.15) is 0 Å². The van der Waals surface area contributed by atoms with E-state index in [2.05, 4.69) is 6.58 Å². The van der Waals surface area contributed by atoms with Gasteiger partial charge in [-0.15, -0.1) is 6.58 Å². The van der Waals surface area contributed by atoms with E-state index in [4.69, 9.17) is 4.74 Å². The van der Waals surface area contributed by atoms with Crippen LogP contribution >= 0.6 is 0 Å². The van der Waals surface area contributed by atoms with Crippen molar-refractivity contribution in [2.24, 2.45) is 5.92 Å². The minimum absolute atomic E-state index is 0.170. The SMILES string of the molecule is C=CC[C@H]1CC1OC(C)=O. The Hall–Kier alpha value is -0.790. The Morgan fingerprint density at radius 2 is 2.60 bits per heavy atom. The number of ether oxygens (including phenoxy) is 1. The minimum atomic E-state index is -0.170. The van der Waals surface area contributed by atoms with E-state index >= 15 is 0 Å². The zero-order valence-corrected chi connectivity index (χ0v) is 6.17. The molecular formula is C8H12O2. The maximum atomic E-state index is 10.4. The van der Waals surface area contributed by atoms with Gasteiger partial charge in [0.25, 0.3) is 0 Å². The van der Waals surface area contributed by atoms with Crippen LogP contribution < -0.4 is 0 Å². The minimum Gasteiger partial charge on any atom is -0.462 e. The Morgan fingerprint density at radius 1 is 1.90 bits per heavy atom. The van der Waals surface area contributed by atoms with Crippen molar-refractivity contribution >= 4 is 5.97 Å². The molecule has 2 atom stereocenters. The molecule has 2 heteroatoms. The first kappa shape index (κ1) is 7.32. The Bertz CT molecular complexity index is 151. The van der Waals surface area contributed by atoms with Crippen molar-refractivity contribution in [3.05, 3.63) is 12.7 Å². The first-order chi connectivity index (χ1) is 4.74. The molecule has 0 heterocycles. The second-order valence-electron chi connectivity index (χ2n) is 2.67. The van der Waals surface area contributed by atoms with Crippen LogP contribution in [0, 0.1) is 5.92 Å². The van der Waals surface area contributed by atoms with Crippen LogP contribution in [0.25, 0.3) is 0 Å². The maximum Gasteiger partial charge on any atom is 0.302 e. The Balaban J connectivity index is 2.13. The molecule has 0 radical (unpaired) electrons. The number of carbonyl (C=O) groups excluding carboxylic acids is 1. The molecule has 1 fully saturated rings. The zero-order chi connectivity index (χ0) is 7.56. The van der Waals surface area contributed by atoms with E-state index in [0.29, 0.717) is 5.92 Å². The Morgan fingerprint density at radius 3 is 3.10 bits per heavy atom. The molecule has 0 saturated heterocycles. The number of allylic oxidation sites excluding steroid dienone is 1. The van der Waals surface area contributed by atoms with Gasteiger partial charge in [0.1, 0.15) is 6.10 Å². The molecular weight excluding hydrogens is 128 g/mol. The molecule has 1 saturated carbocycles. The number of hydrogen-bond donors (Lipinski definition) is 0. The smallest absolute Gasteiger partial charge is 0.302 e. The lowest BCUT2D eigenvalue weighted by Crippen LogP contribution is -2.02. The number of carbonyl (C=O) groups is 1. The normalized spacial score (nSPS) is 29.3. The molecule has 1 aliphatic rings. The first-order valence-corrected chi connectivity index (χ1v) is 3.52. The van der Waals surface area contributed by atoms with E-state index in [1.807, 2.05) is 6.08 Å². The monoisotopic (exact) mass is 140 g/mol. The predicted octanol–water partition coefficient (Wildman–Crippen LogP) is 1.51. The number of rotatable bonds is 3. The van der Waals surface area contributed by atoms with Crippen molar-refractivity contribution in [2.75, 3.05) is 0 Å². The average molecular weight is 140 g/mol. The van der Waals surface area contributed by atoms with Gasteiger partial charge < -0.3 is 4.74 Å². The quantitative estimate of drug-likeness (QED) is 0.439. The fourth-order valence-corrected chi connectivity index (χ4v) is 1.04. The molecule has 1 unspecified atom stereocenters. The highest BCUT2D eigenvalue weighted by Gasteiger charge is 2.38. The van der Waals surface area contributed by atoms with Gasteiger partial charge in [-0.1, -0.05) is 6.08 Å². The lowest BCUT2D eigenvalue weighted by Gasteiger charge is -1.96. The molecule has 0 aromatic rings. The predicted molar refractivity (Wildman–Crippen MR) is 38.5 cm³/mol. The van der Waals surface area contributed by atoms with E-state index in [9.17, 15) is 4.79 Å². The van der Waals surface area contributed by atoms with Crippen LogP contribution in [-0.4, -0.2) is 12.1 Å². The largest absolute Gasteiger partial charge is 0.462 e. The van der Waals surface area contributed by atoms with Gasteiger partial charge in [-0.3, -0.25) is 4.79 Å². The molecule has 0 spiro atoms. The van der Waals surface area contributed by atoms with E-state index in [1.54, 1.807) is 0 Å². The molecule has 0 N–H and O–H groups in total. The van der Waals surface area contributed by atoms with Crippen LogP contribution in [0.4, 0.5) is 0 Å². The summed E-state index contributed by atoms with van der Waals surface area (Å²) in [5.74, 6) is 0.387. The molecule has 10 heavy (non-hydrogen) atoms. The van der Waals surface area contributed by atoms with Gasteiger partial charge in [0, 0.05) is 12.8 Å². The summed E-state index contributed by atoms with van der Waals surface area (Å²) in [7, 11) is 0. The molecule has 0 aromatic heterocycles. The van der Waals surface area contributed by atoms with Gasteiger partial charge in [-0.05, 0) is 12.8 Å².